The molecular weight excluding hydrogens is 154 g/mol. The van der Waals surface area contributed by atoms with Gasteiger partial charge in [0.05, 0.1) is 0 Å². The van der Waals surface area contributed by atoms with Gasteiger partial charge in [0.25, 0.3) is 0 Å². The minimum Gasteiger partial charge on any atom is -0.480 e. The number of rotatable bonds is 5. The van der Waals surface area contributed by atoms with Gasteiger partial charge in [0.2, 0.25) is 0 Å². The molecule has 0 radical (unpaired) electrons. The summed E-state index contributed by atoms with van der Waals surface area (Å²) in [6.45, 7) is 4.73. The quantitative estimate of drug-likeness (QED) is 0.651. The summed E-state index contributed by atoms with van der Waals surface area (Å²) in [5.74, 6) is 0.178. The van der Waals surface area contributed by atoms with Crippen molar-refractivity contribution >= 4 is 5.97 Å². The lowest BCUT2D eigenvalue weighted by Crippen LogP contribution is -2.41. The molecule has 0 aromatic rings. The van der Waals surface area contributed by atoms with Gasteiger partial charge in [-0.05, 0) is 31.2 Å². The third kappa shape index (κ3) is 2.81. The summed E-state index contributed by atoms with van der Waals surface area (Å²) in [6.07, 6.45) is 2.52. The summed E-state index contributed by atoms with van der Waals surface area (Å²) >= 11 is 0. The number of carboxylic acids is 1. The lowest BCUT2D eigenvalue weighted by atomic mass is 10.0. The molecule has 12 heavy (non-hydrogen) atoms. The number of carboxylic acid groups (broad SMARTS) is 1. The number of aliphatic carboxylic acids is 1. The molecule has 1 fully saturated rings. The minimum absolute atomic E-state index is 0.168. The predicted octanol–water partition coefficient (Wildman–Crippen LogP) is 1.10. The Kier molecular flexibility index (Phi) is 3.09. The third-order valence-electron chi connectivity index (χ3n) is 2.26. The van der Waals surface area contributed by atoms with Gasteiger partial charge in [-0.1, -0.05) is 13.8 Å². The van der Waals surface area contributed by atoms with E-state index in [0.29, 0.717) is 0 Å². The molecule has 2 N–H and O–H groups in total. The lowest BCUT2D eigenvalue weighted by molar-refractivity contribution is -0.140. The Hall–Kier alpha value is -0.570. The standard InChI is InChI=1S/C9H17NO2/c1-6(2)8(9(11)12)10-5-7-3-4-7/h6-8,10H,3-5H2,1-2H3,(H,11,12). The zero-order chi connectivity index (χ0) is 9.14. The lowest BCUT2D eigenvalue weighted by Gasteiger charge is -2.17. The first-order chi connectivity index (χ1) is 5.61. The molecule has 1 aliphatic rings. The highest BCUT2D eigenvalue weighted by molar-refractivity contribution is 5.73. The highest BCUT2D eigenvalue weighted by Crippen LogP contribution is 2.27. The van der Waals surface area contributed by atoms with Gasteiger partial charge in [-0.2, -0.15) is 0 Å². The van der Waals surface area contributed by atoms with Gasteiger partial charge < -0.3 is 10.4 Å². The van der Waals surface area contributed by atoms with E-state index in [4.69, 9.17) is 5.11 Å². The van der Waals surface area contributed by atoms with Crippen LogP contribution in [0.3, 0.4) is 0 Å². The average Bonchev–Trinajstić information content (AvgIpc) is 2.69. The van der Waals surface area contributed by atoms with Crippen LogP contribution in [0, 0.1) is 11.8 Å². The van der Waals surface area contributed by atoms with E-state index in [1.54, 1.807) is 0 Å². The fourth-order valence-corrected chi connectivity index (χ4v) is 1.22. The van der Waals surface area contributed by atoms with Crippen LogP contribution < -0.4 is 5.32 Å². The van der Waals surface area contributed by atoms with Crippen molar-refractivity contribution in [1.82, 2.24) is 5.32 Å². The zero-order valence-corrected chi connectivity index (χ0v) is 7.71. The molecule has 0 aliphatic heterocycles. The monoisotopic (exact) mass is 171 g/mol. The zero-order valence-electron chi connectivity index (χ0n) is 7.71. The Balaban J connectivity index is 2.26. The summed E-state index contributed by atoms with van der Waals surface area (Å²) in [7, 11) is 0. The molecular formula is C9H17NO2. The second-order valence-electron chi connectivity index (χ2n) is 3.91. The SMILES string of the molecule is CC(C)C(NCC1CC1)C(=O)O. The van der Waals surface area contributed by atoms with E-state index in [9.17, 15) is 4.79 Å². The number of hydrogen-bond acceptors (Lipinski definition) is 2. The Morgan fingerprint density at radius 2 is 2.17 bits per heavy atom. The molecule has 1 unspecified atom stereocenters. The molecule has 0 saturated heterocycles. The van der Waals surface area contributed by atoms with Crippen LogP contribution in [0.25, 0.3) is 0 Å². The van der Waals surface area contributed by atoms with Crippen molar-refractivity contribution in [2.24, 2.45) is 11.8 Å². The third-order valence-corrected chi connectivity index (χ3v) is 2.26. The number of nitrogens with one attached hydrogen (secondary N) is 1. The van der Waals surface area contributed by atoms with Crippen molar-refractivity contribution in [2.45, 2.75) is 32.7 Å². The molecule has 0 amide bonds. The van der Waals surface area contributed by atoms with E-state index in [2.05, 4.69) is 5.32 Å². The molecule has 0 heterocycles. The van der Waals surface area contributed by atoms with Gasteiger partial charge in [-0.25, -0.2) is 0 Å². The molecule has 0 aromatic heterocycles. The van der Waals surface area contributed by atoms with Gasteiger partial charge in [0, 0.05) is 0 Å². The smallest absolute Gasteiger partial charge is 0.320 e. The van der Waals surface area contributed by atoms with Crippen molar-refractivity contribution in [1.29, 1.82) is 0 Å². The van der Waals surface area contributed by atoms with Crippen molar-refractivity contribution in [3.63, 3.8) is 0 Å². The summed E-state index contributed by atoms with van der Waals surface area (Å²) in [6, 6.07) is -0.370. The molecule has 1 aliphatic carbocycles. The number of carbonyl (C=O) groups is 1. The van der Waals surface area contributed by atoms with Gasteiger partial charge in [-0.3, -0.25) is 4.79 Å². The average molecular weight is 171 g/mol. The highest BCUT2D eigenvalue weighted by atomic mass is 16.4. The summed E-state index contributed by atoms with van der Waals surface area (Å²) in [5.41, 5.74) is 0. The molecule has 1 rings (SSSR count). The molecule has 70 valence electrons. The van der Waals surface area contributed by atoms with Crippen LogP contribution in [0.5, 0.6) is 0 Å². The van der Waals surface area contributed by atoms with Crippen molar-refractivity contribution in [3.8, 4) is 0 Å². The van der Waals surface area contributed by atoms with Crippen LogP contribution in [-0.4, -0.2) is 23.7 Å². The maximum absolute atomic E-state index is 10.7. The van der Waals surface area contributed by atoms with Crippen LogP contribution in [0.15, 0.2) is 0 Å². The van der Waals surface area contributed by atoms with Crippen LogP contribution in [0.4, 0.5) is 0 Å². The second kappa shape index (κ2) is 3.90. The normalized spacial score (nSPS) is 19.6. The fraction of sp³-hybridized carbons (Fsp3) is 0.889. The predicted molar refractivity (Wildman–Crippen MR) is 47.0 cm³/mol. The molecule has 1 atom stereocenters. The van der Waals surface area contributed by atoms with E-state index >= 15 is 0 Å². The maximum Gasteiger partial charge on any atom is 0.320 e. The van der Waals surface area contributed by atoms with Crippen molar-refractivity contribution < 1.29 is 9.90 Å². The van der Waals surface area contributed by atoms with Gasteiger partial charge >= 0.3 is 5.97 Å². The molecule has 1 saturated carbocycles. The fourth-order valence-electron chi connectivity index (χ4n) is 1.22. The second-order valence-corrected chi connectivity index (χ2v) is 3.91. The van der Waals surface area contributed by atoms with Crippen LogP contribution in [0.1, 0.15) is 26.7 Å². The highest BCUT2D eigenvalue weighted by Gasteiger charge is 2.26. The van der Waals surface area contributed by atoms with E-state index in [0.717, 1.165) is 12.5 Å². The molecule has 3 heteroatoms. The Morgan fingerprint density at radius 1 is 1.58 bits per heavy atom. The Labute approximate surface area is 73.2 Å². The van der Waals surface area contributed by atoms with Crippen molar-refractivity contribution in [3.05, 3.63) is 0 Å². The Morgan fingerprint density at radius 3 is 2.50 bits per heavy atom. The van der Waals surface area contributed by atoms with Crippen LogP contribution in [0.2, 0.25) is 0 Å². The van der Waals surface area contributed by atoms with Crippen molar-refractivity contribution in [2.75, 3.05) is 6.54 Å². The largest absolute Gasteiger partial charge is 0.480 e. The van der Waals surface area contributed by atoms with Gasteiger partial charge in [-0.15, -0.1) is 0 Å². The summed E-state index contributed by atoms with van der Waals surface area (Å²) < 4.78 is 0. The first-order valence-corrected chi connectivity index (χ1v) is 4.57. The minimum atomic E-state index is -0.731. The van der Waals surface area contributed by atoms with E-state index in [-0.39, 0.29) is 12.0 Å². The molecule has 3 nitrogen and oxygen atoms in total. The van der Waals surface area contributed by atoms with Gasteiger partial charge in [0.1, 0.15) is 6.04 Å². The van der Waals surface area contributed by atoms with Crippen LogP contribution >= 0.6 is 0 Å². The van der Waals surface area contributed by atoms with E-state index in [1.807, 2.05) is 13.8 Å². The molecule has 0 bridgehead atoms. The topological polar surface area (TPSA) is 49.3 Å². The van der Waals surface area contributed by atoms with Gasteiger partial charge in [0.15, 0.2) is 0 Å². The van der Waals surface area contributed by atoms with E-state index < -0.39 is 5.97 Å². The number of hydrogen-bond donors (Lipinski definition) is 2. The first kappa shape index (κ1) is 9.52. The summed E-state index contributed by atoms with van der Waals surface area (Å²) in [5, 5.41) is 11.9. The van der Waals surface area contributed by atoms with Crippen LogP contribution in [-0.2, 0) is 4.79 Å². The molecule has 0 aromatic carbocycles. The maximum atomic E-state index is 10.7. The molecule has 0 spiro atoms. The van der Waals surface area contributed by atoms with E-state index in [1.165, 1.54) is 12.8 Å². The Bertz CT molecular complexity index is 164. The first-order valence-electron chi connectivity index (χ1n) is 4.57. The summed E-state index contributed by atoms with van der Waals surface area (Å²) in [4.78, 5) is 10.7.